The Bertz CT molecular complexity index is 2310. The first-order chi connectivity index (χ1) is 31.8. The van der Waals surface area contributed by atoms with Crippen molar-refractivity contribution in [1.29, 1.82) is 0 Å². The average molecular weight is 1200 g/mol. The van der Waals surface area contributed by atoms with E-state index in [2.05, 4.69) is 15.0 Å². The van der Waals surface area contributed by atoms with Crippen molar-refractivity contribution >= 4 is 53.1 Å². The third-order valence-electron chi connectivity index (χ3n) is 10.1. The SMILES string of the molecule is C/C(=C\CCCC(P(=O)(O)O)S(=O)(=O)[O-])CCc1ccccn1.C/C(=C\CCCC(P(=O)(O)O)S(=O)(=O)[O-])CCc1ccccn1.C/C(=C\CCCC(P(=O)(O)O)S(=O)(=O)[O-])CCc1ccccn1.[K+].[K+].[K+]. The molecule has 0 amide bonds. The summed E-state index contributed by atoms with van der Waals surface area (Å²) < 4.78 is 131. The van der Waals surface area contributed by atoms with Crippen LogP contribution in [0, 0.1) is 0 Å². The monoisotopic (exact) mass is 1200 g/mol. The number of hydrogen-bond donors (Lipinski definition) is 6. The summed E-state index contributed by atoms with van der Waals surface area (Å²) in [5.74, 6) is 0. The van der Waals surface area contributed by atoms with Gasteiger partial charge >= 0.3 is 177 Å². The Labute approximate surface area is 552 Å². The molecule has 72 heavy (non-hydrogen) atoms. The van der Waals surface area contributed by atoms with Crippen molar-refractivity contribution in [2.24, 2.45) is 0 Å². The molecule has 0 aliphatic heterocycles. The van der Waals surface area contributed by atoms with E-state index in [0.717, 1.165) is 72.3 Å². The number of hydrogen-bond acceptors (Lipinski definition) is 15. The zero-order chi connectivity index (χ0) is 52.5. The largest absolute Gasteiger partial charge is 1.00 e. The molecule has 0 saturated heterocycles. The Hall–Kier alpha value is 1.76. The average Bonchev–Trinajstić information content (AvgIpc) is 3.22. The minimum atomic E-state index is -5.01. The van der Waals surface area contributed by atoms with Crippen LogP contribution in [0.5, 0.6) is 0 Å². The molecule has 3 heterocycles. The standard InChI is InChI=1S/3C14H22NO6PS.3K/c3*1-12(9-10-13-7-4-5-11-15-13)6-2-3-8-14(22(16,17)18)23(19,20)21;;;/h3*4-7,11,14H,2-3,8-10H2,1H3,(H2,16,17,18)(H,19,20,21);;;/q;;;3*+1/p-3/b3*12-6+;;;. The number of rotatable bonds is 27. The zero-order valence-corrected chi connectivity index (χ0v) is 56.0. The Kier molecular flexibility index (Phi) is 42.5. The second-order valence-electron chi connectivity index (χ2n) is 16.0. The Morgan fingerprint density at radius 3 is 0.861 bits per heavy atom. The van der Waals surface area contributed by atoms with Crippen molar-refractivity contribution in [3.8, 4) is 0 Å². The summed E-state index contributed by atoms with van der Waals surface area (Å²) in [4.78, 5) is 59.8. The molecule has 0 aliphatic rings. The van der Waals surface area contributed by atoms with E-state index in [1.165, 1.54) is 0 Å². The Morgan fingerprint density at radius 1 is 0.472 bits per heavy atom. The van der Waals surface area contributed by atoms with E-state index in [1.54, 1.807) is 18.6 Å². The topological polar surface area (TPSA) is 383 Å². The molecule has 390 valence electrons. The van der Waals surface area contributed by atoms with E-state index < -0.39 is 68.1 Å². The van der Waals surface area contributed by atoms with Gasteiger partial charge in [-0.25, -0.2) is 25.3 Å². The van der Waals surface area contributed by atoms with Gasteiger partial charge in [0.2, 0.25) is 0 Å². The first-order valence-electron chi connectivity index (χ1n) is 21.5. The Morgan fingerprint density at radius 2 is 0.694 bits per heavy atom. The minimum Gasteiger partial charge on any atom is -0.747 e. The van der Waals surface area contributed by atoms with E-state index in [9.17, 15) is 52.6 Å². The summed E-state index contributed by atoms with van der Waals surface area (Å²) in [6.45, 7) is 5.77. The van der Waals surface area contributed by atoms with Crippen molar-refractivity contribution in [3.63, 3.8) is 0 Å². The number of nitrogens with zero attached hydrogens (tertiary/aromatic N) is 3. The molecule has 0 bridgehead atoms. The van der Waals surface area contributed by atoms with E-state index in [1.807, 2.05) is 93.6 Å². The molecule has 3 atom stereocenters. The maximum absolute atomic E-state index is 11.1. The molecule has 21 nitrogen and oxygen atoms in total. The van der Waals surface area contributed by atoms with Gasteiger partial charge in [-0.2, -0.15) is 0 Å². The fraction of sp³-hybridized carbons (Fsp3) is 0.500. The number of pyridine rings is 3. The molecule has 30 heteroatoms. The van der Waals surface area contributed by atoms with Crippen LogP contribution in [0.25, 0.3) is 0 Å². The maximum Gasteiger partial charge on any atom is 1.00 e. The quantitative estimate of drug-likeness (QED) is 0.0152. The molecule has 6 N–H and O–H groups in total. The summed E-state index contributed by atoms with van der Waals surface area (Å²) in [6.07, 6.45) is 16.5. The smallest absolute Gasteiger partial charge is 0.747 e. The minimum absolute atomic E-state index is 0. The third kappa shape index (κ3) is 37.6. The normalized spacial score (nSPS) is 14.1. The molecule has 0 saturated carbocycles. The molecular formula is C42H63K3N3O18P3S3. The van der Waals surface area contributed by atoms with E-state index in [-0.39, 0.29) is 193 Å². The molecule has 3 rings (SSSR count). The van der Waals surface area contributed by atoms with Gasteiger partial charge < -0.3 is 43.0 Å². The van der Waals surface area contributed by atoms with E-state index in [0.29, 0.717) is 19.3 Å². The van der Waals surface area contributed by atoms with Crippen molar-refractivity contribution in [1.82, 2.24) is 15.0 Å². The second-order valence-corrected chi connectivity index (χ2v) is 27.1. The predicted octanol–water partition coefficient (Wildman–Crippen LogP) is -2.45. The molecular weight excluding hydrogens is 1140 g/mol. The van der Waals surface area contributed by atoms with Gasteiger partial charge in [-0.15, -0.1) is 0 Å². The van der Waals surface area contributed by atoms with Gasteiger partial charge in [-0.3, -0.25) is 28.6 Å². The molecule has 0 fully saturated rings. The Balaban J connectivity index is -0.000000972. The maximum atomic E-state index is 11.1. The van der Waals surface area contributed by atoms with Crippen LogP contribution in [-0.4, -0.2) is 98.2 Å². The second kappa shape index (κ2) is 39.2. The van der Waals surface area contributed by atoms with Gasteiger partial charge in [0.15, 0.2) is 15.0 Å². The number of aromatic nitrogens is 3. The van der Waals surface area contributed by atoms with Crippen LogP contribution in [0.15, 0.2) is 108 Å². The van der Waals surface area contributed by atoms with Crippen LogP contribution in [-0.2, 0) is 63.3 Å². The van der Waals surface area contributed by atoms with Gasteiger partial charge in [0, 0.05) is 35.7 Å². The fourth-order valence-corrected chi connectivity index (χ4v) is 13.2. The van der Waals surface area contributed by atoms with Crippen molar-refractivity contribution in [2.75, 3.05) is 0 Å². The summed E-state index contributed by atoms with van der Waals surface area (Å²) in [5, 5.41) is 0. The van der Waals surface area contributed by atoms with Crippen LogP contribution in [0.1, 0.15) is 115 Å². The van der Waals surface area contributed by atoms with Gasteiger partial charge in [-0.05, 0) is 153 Å². The van der Waals surface area contributed by atoms with Crippen molar-refractivity contribution in [3.05, 3.63) is 125 Å². The number of unbranched alkanes of at least 4 members (excludes halogenated alkanes) is 3. The molecule has 3 unspecified atom stereocenters. The van der Waals surface area contributed by atoms with E-state index >= 15 is 0 Å². The van der Waals surface area contributed by atoms with Crippen LogP contribution in [0.4, 0.5) is 0 Å². The summed E-state index contributed by atoms with van der Waals surface area (Å²) in [7, 11) is -29.9. The molecule has 0 spiro atoms. The summed E-state index contributed by atoms with van der Waals surface area (Å²) in [6, 6.07) is 17.0. The summed E-state index contributed by atoms with van der Waals surface area (Å²) >= 11 is 0. The molecule has 0 aromatic carbocycles. The molecule has 0 radical (unpaired) electrons. The molecule has 3 aromatic heterocycles. The van der Waals surface area contributed by atoms with Gasteiger partial charge in [0.1, 0.15) is 30.4 Å². The van der Waals surface area contributed by atoms with Crippen molar-refractivity contribution < 1.29 is 236 Å². The van der Waals surface area contributed by atoms with Crippen LogP contribution in [0.3, 0.4) is 0 Å². The zero-order valence-electron chi connectivity index (χ0n) is 41.5. The van der Waals surface area contributed by atoms with Gasteiger partial charge in [0.25, 0.3) is 0 Å². The molecule has 0 aliphatic carbocycles. The van der Waals surface area contributed by atoms with Gasteiger partial charge in [0.05, 0.1) is 0 Å². The van der Waals surface area contributed by atoms with Crippen molar-refractivity contribution in [2.45, 2.75) is 132 Å². The first-order valence-corrected chi connectivity index (χ1v) is 30.9. The van der Waals surface area contributed by atoms with Crippen LogP contribution >= 0.6 is 22.8 Å². The number of aryl methyl sites for hydroxylation is 3. The third-order valence-corrected chi connectivity index (χ3v) is 20.6. The van der Waals surface area contributed by atoms with E-state index in [4.69, 9.17) is 29.4 Å². The van der Waals surface area contributed by atoms with Gasteiger partial charge in [-0.1, -0.05) is 53.1 Å². The predicted molar refractivity (Wildman–Crippen MR) is 257 cm³/mol. The number of allylic oxidation sites excluding steroid dienone is 6. The fourth-order valence-electron chi connectivity index (χ4n) is 6.28. The molecule has 3 aromatic rings. The first kappa shape index (κ1) is 78.0. The van der Waals surface area contributed by atoms with Crippen LogP contribution < -0.4 is 154 Å². The van der Waals surface area contributed by atoms with Crippen LogP contribution in [0.2, 0.25) is 0 Å². The summed E-state index contributed by atoms with van der Waals surface area (Å²) in [5.41, 5.74) is 6.15.